The Morgan fingerprint density at radius 3 is 2.75 bits per heavy atom. The zero-order chi connectivity index (χ0) is 8.81. The number of halogens is 1. The van der Waals surface area contributed by atoms with Crippen LogP contribution in [0.1, 0.15) is 45.4 Å². The van der Waals surface area contributed by atoms with Crippen LogP contribution >= 0.6 is 0 Å². The Morgan fingerprint density at radius 1 is 1.33 bits per heavy atom. The summed E-state index contributed by atoms with van der Waals surface area (Å²) in [6.45, 7) is 2.52. The summed E-state index contributed by atoms with van der Waals surface area (Å²) in [7, 11) is 0. The van der Waals surface area contributed by atoms with Crippen molar-refractivity contribution in [1.82, 2.24) is 0 Å². The molecule has 1 heterocycles. The molecule has 1 aliphatic heterocycles. The highest BCUT2D eigenvalue weighted by molar-refractivity contribution is 4.69. The van der Waals surface area contributed by atoms with Gasteiger partial charge in [-0.3, -0.25) is 0 Å². The molecule has 0 aromatic carbocycles. The van der Waals surface area contributed by atoms with Crippen LogP contribution in [0.4, 0.5) is 4.39 Å². The first kappa shape index (κ1) is 9.97. The lowest BCUT2D eigenvalue weighted by molar-refractivity contribution is -0.0309. The molecule has 0 aromatic rings. The van der Waals surface area contributed by atoms with E-state index in [1.54, 1.807) is 0 Å². The summed E-state index contributed by atoms with van der Waals surface area (Å²) >= 11 is 0. The number of unbranched alkanes of at least 4 members (excludes halogenated alkanes) is 2. The minimum Gasteiger partial charge on any atom is -0.375 e. The fourth-order valence-corrected chi connectivity index (χ4v) is 1.62. The maximum Gasteiger partial charge on any atom is 0.123 e. The van der Waals surface area contributed by atoms with Crippen molar-refractivity contribution in [2.75, 3.05) is 6.61 Å². The molecular weight excluding hydrogens is 155 g/mol. The third kappa shape index (κ3) is 3.53. The van der Waals surface area contributed by atoms with E-state index in [-0.39, 0.29) is 0 Å². The topological polar surface area (TPSA) is 9.23 Å². The molecule has 72 valence electrons. The van der Waals surface area contributed by atoms with Crippen LogP contribution < -0.4 is 0 Å². The summed E-state index contributed by atoms with van der Waals surface area (Å²) < 4.78 is 18.0. The Kier molecular flexibility index (Phi) is 4.59. The van der Waals surface area contributed by atoms with Crippen LogP contribution in [0.2, 0.25) is 0 Å². The molecule has 2 heteroatoms. The van der Waals surface area contributed by atoms with Crippen molar-refractivity contribution in [3.05, 3.63) is 0 Å². The van der Waals surface area contributed by atoms with Crippen LogP contribution in [-0.4, -0.2) is 18.9 Å². The van der Waals surface area contributed by atoms with E-state index in [2.05, 4.69) is 6.92 Å². The van der Waals surface area contributed by atoms with Gasteiger partial charge in [-0.25, -0.2) is 4.39 Å². The fourth-order valence-electron chi connectivity index (χ4n) is 1.62. The van der Waals surface area contributed by atoms with E-state index < -0.39 is 6.17 Å². The van der Waals surface area contributed by atoms with Crippen LogP contribution in [0.5, 0.6) is 0 Å². The first-order chi connectivity index (χ1) is 5.83. The van der Waals surface area contributed by atoms with Crippen molar-refractivity contribution in [2.24, 2.45) is 0 Å². The van der Waals surface area contributed by atoms with E-state index in [1.165, 1.54) is 19.3 Å². The predicted molar refractivity (Wildman–Crippen MR) is 48.0 cm³/mol. The van der Waals surface area contributed by atoms with Crippen molar-refractivity contribution in [3.63, 3.8) is 0 Å². The van der Waals surface area contributed by atoms with Gasteiger partial charge in [0.25, 0.3) is 0 Å². The monoisotopic (exact) mass is 174 g/mol. The average Bonchev–Trinajstić information content (AvgIpc) is 2.09. The molecule has 0 amide bonds. The highest BCUT2D eigenvalue weighted by Gasteiger charge is 2.20. The predicted octanol–water partition coefficient (Wildman–Crippen LogP) is 3.08. The molecule has 1 fully saturated rings. The second kappa shape index (κ2) is 5.52. The lowest BCUT2D eigenvalue weighted by Crippen LogP contribution is -2.26. The van der Waals surface area contributed by atoms with Gasteiger partial charge in [0, 0.05) is 0 Å². The van der Waals surface area contributed by atoms with Crippen molar-refractivity contribution in [2.45, 2.75) is 57.7 Å². The third-order valence-corrected chi connectivity index (χ3v) is 2.44. The summed E-state index contributed by atoms with van der Waals surface area (Å²) in [5.41, 5.74) is 0. The van der Waals surface area contributed by atoms with Crippen LogP contribution in [0.3, 0.4) is 0 Å². The Morgan fingerprint density at radius 2 is 2.17 bits per heavy atom. The molecule has 2 atom stereocenters. The van der Waals surface area contributed by atoms with Gasteiger partial charge in [0.15, 0.2) is 0 Å². The van der Waals surface area contributed by atoms with E-state index in [0.717, 1.165) is 12.8 Å². The van der Waals surface area contributed by atoms with Crippen LogP contribution in [-0.2, 0) is 4.74 Å². The largest absolute Gasteiger partial charge is 0.375 e. The second-order valence-corrected chi connectivity index (χ2v) is 3.63. The van der Waals surface area contributed by atoms with E-state index in [9.17, 15) is 4.39 Å². The fraction of sp³-hybridized carbons (Fsp3) is 1.00. The number of ether oxygens (including phenoxy) is 1. The summed E-state index contributed by atoms with van der Waals surface area (Å²) in [4.78, 5) is 0. The first-order valence-electron chi connectivity index (χ1n) is 5.08. The normalized spacial score (nSPS) is 30.5. The molecule has 1 aliphatic rings. The summed E-state index contributed by atoms with van der Waals surface area (Å²) in [5, 5.41) is 0. The Bertz CT molecular complexity index is 108. The molecule has 0 spiro atoms. The molecular formula is C10H19FO. The molecule has 0 aromatic heterocycles. The van der Waals surface area contributed by atoms with Gasteiger partial charge in [0.1, 0.15) is 6.17 Å². The van der Waals surface area contributed by atoms with Crippen molar-refractivity contribution in [1.29, 1.82) is 0 Å². The first-order valence-corrected chi connectivity index (χ1v) is 5.08. The summed E-state index contributed by atoms with van der Waals surface area (Å²) in [5.74, 6) is 0. The lowest BCUT2D eigenvalue weighted by Gasteiger charge is -2.24. The maximum atomic E-state index is 12.6. The smallest absolute Gasteiger partial charge is 0.123 e. The van der Waals surface area contributed by atoms with Gasteiger partial charge in [-0.15, -0.1) is 0 Å². The van der Waals surface area contributed by atoms with Gasteiger partial charge >= 0.3 is 0 Å². The molecule has 12 heavy (non-hydrogen) atoms. The molecule has 0 unspecified atom stereocenters. The number of rotatable bonds is 4. The second-order valence-electron chi connectivity index (χ2n) is 3.63. The van der Waals surface area contributed by atoms with Crippen molar-refractivity contribution in [3.8, 4) is 0 Å². The standard InChI is InChI=1S/C10H19FO/c1-2-3-4-5-10-7-6-9(11)8-12-10/h9-10H,2-8H2,1H3/t9-,10-/m0/s1. The van der Waals surface area contributed by atoms with Gasteiger partial charge < -0.3 is 4.74 Å². The van der Waals surface area contributed by atoms with Gasteiger partial charge in [0.2, 0.25) is 0 Å². The average molecular weight is 174 g/mol. The van der Waals surface area contributed by atoms with Crippen molar-refractivity contribution < 1.29 is 9.13 Å². The SMILES string of the molecule is CCCCC[C@H]1CC[C@H](F)CO1. The zero-order valence-corrected chi connectivity index (χ0v) is 7.89. The van der Waals surface area contributed by atoms with E-state index >= 15 is 0 Å². The quantitative estimate of drug-likeness (QED) is 0.595. The number of hydrogen-bond donors (Lipinski definition) is 0. The minimum absolute atomic E-state index is 0.330. The van der Waals surface area contributed by atoms with Crippen LogP contribution in [0, 0.1) is 0 Å². The molecule has 0 bridgehead atoms. The van der Waals surface area contributed by atoms with Gasteiger partial charge in [-0.2, -0.15) is 0 Å². The molecule has 0 aliphatic carbocycles. The molecule has 1 saturated heterocycles. The highest BCUT2D eigenvalue weighted by Crippen LogP contribution is 2.20. The molecule has 0 saturated carbocycles. The van der Waals surface area contributed by atoms with Crippen molar-refractivity contribution >= 4 is 0 Å². The Hall–Kier alpha value is -0.110. The third-order valence-electron chi connectivity index (χ3n) is 2.44. The lowest BCUT2D eigenvalue weighted by atomic mass is 10.0. The maximum absolute atomic E-state index is 12.6. The van der Waals surface area contributed by atoms with Gasteiger partial charge in [0.05, 0.1) is 12.7 Å². The number of alkyl halides is 1. The van der Waals surface area contributed by atoms with Gasteiger partial charge in [-0.1, -0.05) is 26.2 Å². The molecule has 1 rings (SSSR count). The minimum atomic E-state index is -0.701. The molecule has 1 nitrogen and oxygen atoms in total. The van der Waals surface area contributed by atoms with E-state index in [0.29, 0.717) is 19.1 Å². The van der Waals surface area contributed by atoms with Gasteiger partial charge in [-0.05, 0) is 19.3 Å². The number of hydrogen-bond acceptors (Lipinski definition) is 1. The summed E-state index contributed by atoms with van der Waals surface area (Å²) in [6, 6.07) is 0. The molecule has 0 radical (unpaired) electrons. The van der Waals surface area contributed by atoms with E-state index in [1.807, 2.05) is 0 Å². The Balaban J connectivity index is 2.01. The Labute approximate surface area is 74.3 Å². The van der Waals surface area contributed by atoms with E-state index in [4.69, 9.17) is 4.74 Å². The zero-order valence-electron chi connectivity index (χ0n) is 7.89. The van der Waals surface area contributed by atoms with Crippen LogP contribution in [0.15, 0.2) is 0 Å². The highest BCUT2D eigenvalue weighted by atomic mass is 19.1. The molecule has 0 N–H and O–H groups in total. The summed E-state index contributed by atoms with van der Waals surface area (Å²) in [6.07, 6.45) is 6.16. The van der Waals surface area contributed by atoms with Crippen LogP contribution in [0.25, 0.3) is 0 Å².